The average molecular weight is 294 g/mol. The van der Waals surface area contributed by atoms with Crippen LogP contribution < -0.4 is 5.32 Å². The van der Waals surface area contributed by atoms with E-state index in [1.54, 1.807) is 0 Å². The Kier molecular flexibility index (Phi) is 4.41. The molecule has 0 radical (unpaired) electrons. The van der Waals surface area contributed by atoms with Crippen LogP contribution in [0.25, 0.3) is 6.08 Å². The Hall–Kier alpha value is -0.600. The number of allylic oxidation sites excluding steroid dienone is 1. The predicted octanol–water partition coefficient (Wildman–Crippen LogP) is 4.08. The first-order valence-electron chi connectivity index (χ1n) is 6.32. The molecular formula is C15H20BrN. The molecule has 0 aliphatic carbocycles. The molecule has 2 rings (SSSR count). The zero-order valence-corrected chi connectivity index (χ0v) is 12.2. The Balaban J connectivity index is 2.14. The van der Waals surface area contributed by atoms with Gasteiger partial charge in [0.2, 0.25) is 0 Å². The molecule has 17 heavy (non-hydrogen) atoms. The first kappa shape index (κ1) is 12.8. The summed E-state index contributed by atoms with van der Waals surface area (Å²) in [5.74, 6) is 0.749. The number of nitrogens with one attached hydrogen (secondary N) is 1. The molecule has 0 amide bonds. The van der Waals surface area contributed by atoms with Gasteiger partial charge in [0.05, 0.1) is 0 Å². The minimum Gasteiger partial charge on any atom is -0.317 e. The number of aryl methyl sites for hydroxylation is 2. The van der Waals surface area contributed by atoms with Crippen molar-refractivity contribution < 1.29 is 0 Å². The highest BCUT2D eigenvalue weighted by atomic mass is 79.9. The van der Waals surface area contributed by atoms with Gasteiger partial charge in [-0.05, 0) is 74.5 Å². The van der Waals surface area contributed by atoms with Crippen molar-refractivity contribution in [3.8, 4) is 0 Å². The number of piperidine rings is 1. The van der Waals surface area contributed by atoms with Gasteiger partial charge in [-0.25, -0.2) is 0 Å². The molecule has 1 nitrogen and oxygen atoms in total. The molecule has 0 atom stereocenters. The van der Waals surface area contributed by atoms with E-state index in [0.29, 0.717) is 0 Å². The standard InChI is InChI=1S/C15H20BrN/c1-11-9-14(16)10-12(2)15(11)4-3-13-5-7-17-8-6-13/h3-4,9-10,13,17H,5-8H2,1-2H3. The van der Waals surface area contributed by atoms with Gasteiger partial charge in [-0.1, -0.05) is 28.1 Å². The maximum Gasteiger partial charge on any atom is 0.0180 e. The summed E-state index contributed by atoms with van der Waals surface area (Å²) in [5.41, 5.74) is 4.08. The second-order valence-corrected chi connectivity index (χ2v) is 5.82. The van der Waals surface area contributed by atoms with Crippen LogP contribution in [0.5, 0.6) is 0 Å². The molecule has 0 aromatic heterocycles. The zero-order chi connectivity index (χ0) is 12.3. The maximum atomic E-state index is 3.54. The maximum absolute atomic E-state index is 3.54. The Labute approximate surface area is 112 Å². The summed E-state index contributed by atoms with van der Waals surface area (Å²) < 4.78 is 1.17. The molecule has 92 valence electrons. The van der Waals surface area contributed by atoms with Gasteiger partial charge >= 0.3 is 0 Å². The molecule has 0 spiro atoms. The van der Waals surface area contributed by atoms with Crippen molar-refractivity contribution in [2.45, 2.75) is 26.7 Å². The van der Waals surface area contributed by atoms with Gasteiger partial charge in [0, 0.05) is 4.47 Å². The van der Waals surface area contributed by atoms with E-state index in [1.165, 1.54) is 34.0 Å². The number of rotatable bonds is 2. The summed E-state index contributed by atoms with van der Waals surface area (Å²) in [5, 5.41) is 3.40. The highest BCUT2D eigenvalue weighted by Gasteiger charge is 2.09. The molecule has 1 saturated heterocycles. The smallest absolute Gasteiger partial charge is 0.0180 e. The van der Waals surface area contributed by atoms with Gasteiger partial charge in [-0.2, -0.15) is 0 Å². The first-order chi connectivity index (χ1) is 8.16. The summed E-state index contributed by atoms with van der Waals surface area (Å²) in [6, 6.07) is 4.38. The molecule has 0 saturated carbocycles. The molecule has 0 unspecified atom stereocenters. The Morgan fingerprint density at radius 1 is 1.18 bits per heavy atom. The van der Waals surface area contributed by atoms with E-state index in [9.17, 15) is 0 Å². The van der Waals surface area contributed by atoms with E-state index in [-0.39, 0.29) is 0 Å². The minimum absolute atomic E-state index is 0.749. The van der Waals surface area contributed by atoms with Crippen molar-refractivity contribution >= 4 is 22.0 Å². The van der Waals surface area contributed by atoms with Crippen molar-refractivity contribution in [2.24, 2.45) is 5.92 Å². The van der Waals surface area contributed by atoms with Crippen LogP contribution in [0.2, 0.25) is 0 Å². The average Bonchev–Trinajstić information content (AvgIpc) is 2.29. The van der Waals surface area contributed by atoms with Gasteiger partial charge in [0.25, 0.3) is 0 Å². The Morgan fingerprint density at radius 2 is 1.76 bits per heavy atom. The van der Waals surface area contributed by atoms with Crippen molar-refractivity contribution in [1.82, 2.24) is 5.32 Å². The van der Waals surface area contributed by atoms with Crippen molar-refractivity contribution in [2.75, 3.05) is 13.1 Å². The lowest BCUT2D eigenvalue weighted by molar-refractivity contribution is 0.438. The molecule has 0 bridgehead atoms. The fourth-order valence-electron chi connectivity index (χ4n) is 2.45. The lowest BCUT2D eigenvalue weighted by atomic mass is 9.95. The second kappa shape index (κ2) is 5.83. The molecule has 1 aliphatic rings. The van der Waals surface area contributed by atoms with Crippen molar-refractivity contribution in [3.63, 3.8) is 0 Å². The molecule has 2 heteroatoms. The van der Waals surface area contributed by atoms with Crippen LogP contribution in [-0.4, -0.2) is 13.1 Å². The normalized spacial score (nSPS) is 17.8. The van der Waals surface area contributed by atoms with Crippen LogP contribution in [0.15, 0.2) is 22.7 Å². The Morgan fingerprint density at radius 3 is 2.35 bits per heavy atom. The molecule has 1 aromatic rings. The van der Waals surface area contributed by atoms with Crippen LogP contribution in [0.3, 0.4) is 0 Å². The first-order valence-corrected chi connectivity index (χ1v) is 7.12. The minimum atomic E-state index is 0.749. The summed E-state index contributed by atoms with van der Waals surface area (Å²) in [7, 11) is 0. The van der Waals surface area contributed by atoms with Gasteiger partial charge in [0.1, 0.15) is 0 Å². The summed E-state index contributed by atoms with van der Waals surface area (Å²) >= 11 is 3.54. The monoisotopic (exact) mass is 293 g/mol. The van der Waals surface area contributed by atoms with E-state index < -0.39 is 0 Å². The van der Waals surface area contributed by atoms with Gasteiger partial charge < -0.3 is 5.32 Å². The third kappa shape index (κ3) is 3.43. The van der Waals surface area contributed by atoms with E-state index in [0.717, 1.165) is 19.0 Å². The lowest BCUT2D eigenvalue weighted by Gasteiger charge is -2.19. The fraction of sp³-hybridized carbons (Fsp3) is 0.467. The van der Waals surface area contributed by atoms with Crippen LogP contribution in [-0.2, 0) is 0 Å². The van der Waals surface area contributed by atoms with Crippen molar-refractivity contribution in [1.29, 1.82) is 0 Å². The third-order valence-corrected chi connectivity index (χ3v) is 3.94. The predicted molar refractivity (Wildman–Crippen MR) is 78.2 cm³/mol. The topological polar surface area (TPSA) is 12.0 Å². The molecular weight excluding hydrogens is 274 g/mol. The van der Waals surface area contributed by atoms with E-state index >= 15 is 0 Å². The molecule has 1 heterocycles. The summed E-state index contributed by atoms with van der Waals surface area (Å²) in [4.78, 5) is 0. The number of benzene rings is 1. The molecule has 1 aliphatic heterocycles. The van der Waals surface area contributed by atoms with Crippen LogP contribution in [0, 0.1) is 19.8 Å². The van der Waals surface area contributed by atoms with Crippen molar-refractivity contribution in [3.05, 3.63) is 39.4 Å². The molecule has 1 aromatic carbocycles. The quantitative estimate of drug-likeness (QED) is 0.866. The largest absolute Gasteiger partial charge is 0.317 e. The lowest BCUT2D eigenvalue weighted by Crippen LogP contribution is -2.26. The second-order valence-electron chi connectivity index (χ2n) is 4.90. The summed E-state index contributed by atoms with van der Waals surface area (Å²) in [6.07, 6.45) is 7.24. The zero-order valence-electron chi connectivity index (χ0n) is 10.6. The third-order valence-electron chi connectivity index (χ3n) is 3.48. The number of hydrogen-bond donors (Lipinski definition) is 1. The summed E-state index contributed by atoms with van der Waals surface area (Å²) in [6.45, 7) is 6.68. The van der Waals surface area contributed by atoms with E-state index in [4.69, 9.17) is 0 Å². The highest BCUT2D eigenvalue weighted by molar-refractivity contribution is 9.10. The van der Waals surface area contributed by atoms with Crippen LogP contribution in [0.1, 0.15) is 29.5 Å². The number of hydrogen-bond acceptors (Lipinski definition) is 1. The van der Waals surface area contributed by atoms with E-state index in [1.807, 2.05) is 0 Å². The number of halogens is 1. The highest BCUT2D eigenvalue weighted by Crippen LogP contribution is 2.23. The van der Waals surface area contributed by atoms with Gasteiger partial charge in [0.15, 0.2) is 0 Å². The van der Waals surface area contributed by atoms with Crippen LogP contribution >= 0.6 is 15.9 Å². The van der Waals surface area contributed by atoms with Gasteiger partial charge in [-0.3, -0.25) is 0 Å². The molecule has 1 N–H and O–H groups in total. The van der Waals surface area contributed by atoms with Gasteiger partial charge in [-0.15, -0.1) is 0 Å². The van der Waals surface area contributed by atoms with Crippen LogP contribution in [0.4, 0.5) is 0 Å². The van der Waals surface area contributed by atoms with E-state index in [2.05, 4.69) is 59.4 Å². The molecule has 1 fully saturated rings. The Bertz CT molecular complexity index is 394. The SMILES string of the molecule is Cc1cc(Br)cc(C)c1C=CC1CCNCC1. The fourth-order valence-corrected chi connectivity index (χ4v) is 3.14.